The molecule has 0 aliphatic carbocycles. The Morgan fingerprint density at radius 3 is 2.71 bits per heavy atom. The second-order valence-corrected chi connectivity index (χ2v) is 5.32. The molecule has 0 radical (unpaired) electrons. The molecule has 0 atom stereocenters. The van der Waals surface area contributed by atoms with Gasteiger partial charge in [0.2, 0.25) is 0 Å². The van der Waals surface area contributed by atoms with E-state index in [1.54, 1.807) is 0 Å². The molecule has 1 rings (SSSR count). The molecule has 0 aromatic heterocycles. The van der Waals surface area contributed by atoms with Crippen LogP contribution in [0.5, 0.6) is 5.75 Å². The Morgan fingerprint density at radius 2 is 2.12 bits per heavy atom. The second-order valence-electron chi connectivity index (χ2n) is 3.19. The van der Waals surface area contributed by atoms with Gasteiger partial charge in [-0.25, -0.2) is 8.42 Å². The van der Waals surface area contributed by atoms with Crippen LogP contribution in [0.25, 0.3) is 0 Å². The molecule has 17 heavy (non-hydrogen) atoms. The summed E-state index contributed by atoms with van der Waals surface area (Å²) in [4.78, 5) is 9.85. The number of nitro groups is 1. The lowest BCUT2D eigenvalue weighted by Gasteiger charge is -2.05. The first-order valence-electron chi connectivity index (χ1n) is 4.63. The summed E-state index contributed by atoms with van der Waals surface area (Å²) in [5.41, 5.74) is -0.179. The van der Waals surface area contributed by atoms with Crippen molar-refractivity contribution in [2.24, 2.45) is 0 Å². The first kappa shape index (κ1) is 13.4. The average molecular weight is 261 g/mol. The molecule has 0 aliphatic heterocycles. The number of nitrogens with zero attached hydrogens (tertiary/aromatic N) is 1. The number of ether oxygens (including phenoxy) is 1. The predicted octanol–water partition coefficient (Wildman–Crippen LogP) is 0.338. The highest BCUT2D eigenvalue weighted by Crippen LogP contribution is 2.19. The Kier molecular flexibility index (Phi) is 4.41. The fourth-order valence-electron chi connectivity index (χ4n) is 1.04. The van der Waals surface area contributed by atoms with Gasteiger partial charge in [-0.15, -0.1) is 0 Å². The highest BCUT2D eigenvalue weighted by atomic mass is 32.2. The SMILES string of the molecule is O=[N+]([O-])c1cccc(OCS(=O)(=O)CCO)c1. The fourth-order valence-corrected chi connectivity index (χ4v) is 1.75. The summed E-state index contributed by atoms with van der Waals surface area (Å²) in [6.07, 6.45) is 0. The molecule has 0 amide bonds. The molecule has 0 saturated carbocycles. The summed E-state index contributed by atoms with van der Waals surface area (Å²) in [5.74, 6) is -0.919. The molecule has 1 aromatic carbocycles. The molecule has 1 N–H and O–H groups in total. The monoisotopic (exact) mass is 261 g/mol. The van der Waals surface area contributed by atoms with Crippen molar-refractivity contribution in [1.82, 2.24) is 0 Å². The number of aliphatic hydroxyl groups excluding tert-OH is 1. The molecular weight excluding hydrogens is 250 g/mol. The molecule has 0 spiro atoms. The van der Waals surface area contributed by atoms with Crippen LogP contribution < -0.4 is 4.74 Å². The highest BCUT2D eigenvalue weighted by molar-refractivity contribution is 7.91. The van der Waals surface area contributed by atoms with E-state index in [1.165, 1.54) is 18.2 Å². The van der Waals surface area contributed by atoms with E-state index in [0.717, 1.165) is 6.07 Å². The normalized spacial score (nSPS) is 11.1. The van der Waals surface area contributed by atoms with E-state index in [9.17, 15) is 18.5 Å². The lowest BCUT2D eigenvalue weighted by Crippen LogP contribution is -2.17. The van der Waals surface area contributed by atoms with Gasteiger partial charge in [-0.1, -0.05) is 6.07 Å². The topological polar surface area (TPSA) is 107 Å². The van der Waals surface area contributed by atoms with Gasteiger partial charge in [-0.3, -0.25) is 10.1 Å². The van der Waals surface area contributed by atoms with Gasteiger partial charge in [0.05, 0.1) is 23.3 Å². The van der Waals surface area contributed by atoms with Crippen LogP contribution in [0.1, 0.15) is 0 Å². The number of aliphatic hydroxyl groups is 1. The summed E-state index contributed by atoms with van der Waals surface area (Å²) in [6, 6.07) is 5.22. The first-order valence-corrected chi connectivity index (χ1v) is 6.45. The van der Waals surface area contributed by atoms with E-state index in [1.807, 2.05) is 0 Å². The van der Waals surface area contributed by atoms with E-state index < -0.39 is 33.1 Å². The second kappa shape index (κ2) is 5.60. The minimum atomic E-state index is -3.51. The van der Waals surface area contributed by atoms with Crippen LogP contribution in [-0.4, -0.2) is 36.7 Å². The molecule has 0 bridgehead atoms. The van der Waals surface area contributed by atoms with Crippen LogP contribution in [0, 0.1) is 10.1 Å². The molecule has 0 aliphatic rings. The van der Waals surface area contributed by atoms with Crippen LogP contribution >= 0.6 is 0 Å². The lowest BCUT2D eigenvalue weighted by molar-refractivity contribution is -0.384. The van der Waals surface area contributed by atoms with Gasteiger partial charge < -0.3 is 9.84 Å². The van der Waals surface area contributed by atoms with Crippen molar-refractivity contribution in [3.05, 3.63) is 34.4 Å². The zero-order valence-electron chi connectivity index (χ0n) is 8.77. The first-order chi connectivity index (χ1) is 7.94. The number of hydrogen-bond donors (Lipinski definition) is 1. The van der Waals surface area contributed by atoms with E-state index in [0.29, 0.717) is 0 Å². The predicted molar refractivity (Wildman–Crippen MR) is 59.5 cm³/mol. The molecule has 7 nitrogen and oxygen atoms in total. The number of nitro benzene ring substituents is 1. The largest absolute Gasteiger partial charge is 0.478 e. The molecule has 0 fully saturated rings. The minimum absolute atomic E-state index is 0.0979. The summed E-state index contributed by atoms with van der Waals surface area (Å²) in [7, 11) is -3.51. The number of non-ortho nitro benzene ring substituents is 1. The van der Waals surface area contributed by atoms with Crippen molar-refractivity contribution in [3.8, 4) is 5.75 Å². The van der Waals surface area contributed by atoms with Crippen LogP contribution in [0.15, 0.2) is 24.3 Å². The third-order valence-electron chi connectivity index (χ3n) is 1.84. The molecule has 0 heterocycles. The molecule has 8 heteroatoms. The third kappa shape index (κ3) is 4.37. The zero-order chi connectivity index (χ0) is 12.9. The van der Waals surface area contributed by atoms with Crippen molar-refractivity contribution >= 4 is 15.5 Å². The Balaban J connectivity index is 2.70. The Labute approximate surface area is 97.7 Å². The smallest absolute Gasteiger partial charge is 0.273 e. The summed E-state index contributed by atoms with van der Waals surface area (Å²) < 4.78 is 27.3. The van der Waals surface area contributed by atoms with E-state index >= 15 is 0 Å². The van der Waals surface area contributed by atoms with E-state index in [2.05, 4.69) is 0 Å². The number of rotatable bonds is 6. The van der Waals surface area contributed by atoms with E-state index in [-0.39, 0.29) is 11.4 Å². The van der Waals surface area contributed by atoms with Gasteiger partial charge in [-0.2, -0.15) is 0 Å². The van der Waals surface area contributed by atoms with Gasteiger partial charge in [0, 0.05) is 6.07 Å². The maximum atomic E-state index is 11.2. The summed E-state index contributed by atoms with van der Waals surface area (Å²) >= 11 is 0. The van der Waals surface area contributed by atoms with Gasteiger partial charge in [0.1, 0.15) is 5.75 Å². The molecular formula is C9H11NO6S. The maximum absolute atomic E-state index is 11.2. The third-order valence-corrected chi connectivity index (χ3v) is 3.12. The Hall–Kier alpha value is -1.67. The molecule has 94 valence electrons. The zero-order valence-corrected chi connectivity index (χ0v) is 9.59. The number of hydrogen-bond acceptors (Lipinski definition) is 6. The minimum Gasteiger partial charge on any atom is -0.478 e. The standard InChI is InChI=1S/C9H11NO6S/c11-4-5-17(14,15)7-16-9-3-1-2-8(6-9)10(12)13/h1-3,6,11H,4-5,7H2. The fraction of sp³-hybridized carbons (Fsp3) is 0.333. The van der Waals surface area contributed by atoms with Crippen LogP contribution in [0.2, 0.25) is 0 Å². The van der Waals surface area contributed by atoms with Gasteiger partial charge in [0.25, 0.3) is 5.69 Å². The number of benzene rings is 1. The van der Waals surface area contributed by atoms with Crippen LogP contribution in [0.3, 0.4) is 0 Å². The molecule has 0 saturated heterocycles. The number of sulfone groups is 1. The Morgan fingerprint density at radius 1 is 1.41 bits per heavy atom. The van der Waals surface area contributed by atoms with Gasteiger partial charge >= 0.3 is 0 Å². The molecule has 0 unspecified atom stereocenters. The average Bonchev–Trinajstić information content (AvgIpc) is 2.27. The lowest BCUT2D eigenvalue weighted by atomic mass is 10.3. The van der Waals surface area contributed by atoms with Gasteiger partial charge in [-0.05, 0) is 6.07 Å². The quantitative estimate of drug-likeness (QED) is 0.584. The van der Waals surface area contributed by atoms with Gasteiger partial charge in [0.15, 0.2) is 15.8 Å². The highest BCUT2D eigenvalue weighted by Gasteiger charge is 2.12. The van der Waals surface area contributed by atoms with Crippen molar-refractivity contribution in [1.29, 1.82) is 0 Å². The molecule has 1 aromatic rings. The van der Waals surface area contributed by atoms with Crippen LogP contribution in [-0.2, 0) is 9.84 Å². The summed E-state index contributed by atoms with van der Waals surface area (Å²) in [6.45, 7) is -0.485. The maximum Gasteiger partial charge on any atom is 0.273 e. The summed E-state index contributed by atoms with van der Waals surface area (Å²) in [5, 5.41) is 18.9. The van der Waals surface area contributed by atoms with Crippen molar-refractivity contribution in [3.63, 3.8) is 0 Å². The Bertz CT molecular complexity index is 498. The van der Waals surface area contributed by atoms with Crippen molar-refractivity contribution < 1.29 is 23.2 Å². The van der Waals surface area contributed by atoms with Crippen molar-refractivity contribution in [2.75, 3.05) is 18.3 Å². The van der Waals surface area contributed by atoms with E-state index in [4.69, 9.17) is 9.84 Å². The van der Waals surface area contributed by atoms with Crippen LogP contribution in [0.4, 0.5) is 5.69 Å². The van der Waals surface area contributed by atoms with Crippen molar-refractivity contribution in [2.45, 2.75) is 0 Å².